The zero-order chi connectivity index (χ0) is 26.8. The van der Waals surface area contributed by atoms with Gasteiger partial charge >= 0.3 is 11.9 Å². The Labute approximate surface area is 213 Å². The molecule has 7 nitrogen and oxygen atoms in total. The van der Waals surface area contributed by atoms with Crippen LogP contribution >= 0.6 is 0 Å². The summed E-state index contributed by atoms with van der Waals surface area (Å²) >= 11 is 0. The van der Waals surface area contributed by atoms with Gasteiger partial charge in [0.2, 0.25) is 0 Å². The van der Waals surface area contributed by atoms with Gasteiger partial charge in [0.1, 0.15) is 23.6 Å². The number of ketones is 1. The molecule has 0 amide bonds. The van der Waals surface area contributed by atoms with E-state index in [4.69, 9.17) is 9.47 Å². The summed E-state index contributed by atoms with van der Waals surface area (Å²) in [5.41, 5.74) is -1.38. The maximum Gasteiger partial charge on any atom is 0.338 e. The van der Waals surface area contributed by atoms with Crippen molar-refractivity contribution in [2.45, 2.75) is 78.3 Å². The molecule has 0 heterocycles. The van der Waals surface area contributed by atoms with E-state index in [-0.39, 0.29) is 24.5 Å². The number of fused-ring (bicyclic) bond motifs is 1. The smallest absolute Gasteiger partial charge is 0.338 e. The lowest BCUT2D eigenvalue weighted by molar-refractivity contribution is -0.181. The van der Waals surface area contributed by atoms with Gasteiger partial charge < -0.3 is 19.7 Å². The van der Waals surface area contributed by atoms with E-state index in [0.717, 1.165) is 0 Å². The normalized spacial score (nSPS) is 34.6. The number of benzene rings is 1. The van der Waals surface area contributed by atoms with Crippen LogP contribution in [0.3, 0.4) is 0 Å². The third-order valence-corrected chi connectivity index (χ3v) is 7.59. The van der Waals surface area contributed by atoms with Crippen LogP contribution in [0.1, 0.15) is 64.7 Å². The summed E-state index contributed by atoms with van der Waals surface area (Å²) in [5.74, 6) is -2.72. The van der Waals surface area contributed by atoms with Gasteiger partial charge in [-0.3, -0.25) is 9.59 Å². The number of Topliss-reactive ketones (excluding diaryl/α,β-unsaturated/α-hetero) is 1. The molecule has 2 aliphatic rings. The first-order chi connectivity index (χ1) is 16.8. The van der Waals surface area contributed by atoms with Gasteiger partial charge in [0.05, 0.1) is 17.6 Å². The fourth-order valence-electron chi connectivity index (χ4n) is 5.36. The van der Waals surface area contributed by atoms with Crippen molar-refractivity contribution in [3.8, 4) is 0 Å². The van der Waals surface area contributed by atoms with Gasteiger partial charge in [0, 0.05) is 24.7 Å². The van der Waals surface area contributed by atoms with E-state index < -0.39 is 53.1 Å². The number of aliphatic hydroxyl groups excluding tert-OH is 2. The Morgan fingerprint density at radius 1 is 1.08 bits per heavy atom. The fraction of sp³-hybridized carbons (Fsp3) is 0.552. The molecule has 0 spiro atoms. The Morgan fingerprint density at radius 2 is 1.72 bits per heavy atom. The van der Waals surface area contributed by atoms with Crippen LogP contribution in [0.25, 0.3) is 0 Å². The van der Waals surface area contributed by atoms with Crippen LogP contribution in [-0.4, -0.2) is 51.8 Å². The lowest BCUT2D eigenvalue weighted by atomic mass is 9.75. The van der Waals surface area contributed by atoms with Crippen LogP contribution in [0, 0.1) is 23.2 Å². The van der Waals surface area contributed by atoms with Crippen molar-refractivity contribution in [3.05, 3.63) is 59.7 Å². The largest absolute Gasteiger partial charge is 0.458 e. The summed E-state index contributed by atoms with van der Waals surface area (Å²) in [6.45, 7) is 10.2. The SMILES string of the molecule is CC(=O)O[C@]12C[C@@H](C)[C@H](OC(=O)c3ccccc3)[C@@H]1C=C(C)[C@H](O)CC(=O)C(C)(C)C=C[C@@H](C)[C@H]2O. The predicted molar refractivity (Wildman–Crippen MR) is 135 cm³/mol. The molecule has 3 rings (SSSR count). The molecular weight excluding hydrogens is 460 g/mol. The maximum absolute atomic E-state index is 13.0. The van der Waals surface area contributed by atoms with Crippen molar-refractivity contribution < 1.29 is 34.1 Å². The summed E-state index contributed by atoms with van der Waals surface area (Å²) in [7, 11) is 0. The van der Waals surface area contributed by atoms with E-state index in [1.807, 2.05) is 6.92 Å². The number of carbonyl (C=O) groups is 3. The Hall–Kier alpha value is -2.77. The van der Waals surface area contributed by atoms with Gasteiger partial charge in [-0.05, 0) is 50.8 Å². The highest BCUT2D eigenvalue weighted by Crippen LogP contribution is 2.50. The van der Waals surface area contributed by atoms with Crippen molar-refractivity contribution in [1.29, 1.82) is 0 Å². The van der Waals surface area contributed by atoms with Crippen molar-refractivity contribution in [2.75, 3.05) is 0 Å². The quantitative estimate of drug-likeness (QED) is 0.478. The van der Waals surface area contributed by atoms with E-state index in [1.165, 1.54) is 6.92 Å². The molecule has 0 aliphatic heterocycles. The molecule has 2 N–H and O–H groups in total. The third-order valence-electron chi connectivity index (χ3n) is 7.59. The molecule has 1 saturated carbocycles. The maximum atomic E-state index is 13.0. The summed E-state index contributed by atoms with van der Waals surface area (Å²) < 4.78 is 11.9. The van der Waals surface area contributed by atoms with Crippen LogP contribution in [0.2, 0.25) is 0 Å². The minimum Gasteiger partial charge on any atom is -0.458 e. The number of rotatable bonds is 3. The van der Waals surface area contributed by atoms with Crippen LogP contribution in [0.4, 0.5) is 0 Å². The summed E-state index contributed by atoms with van der Waals surface area (Å²) in [6, 6.07) is 8.59. The topological polar surface area (TPSA) is 110 Å². The van der Waals surface area contributed by atoms with Crippen molar-refractivity contribution >= 4 is 17.7 Å². The second-order valence-electron chi connectivity index (χ2n) is 10.9. The zero-order valence-electron chi connectivity index (χ0n) is 21.9. The van der Waals surface area contributed by atoms with Gasteiger partial charge in [-0.1, -0.05) is 50.3 Å². The van der Waals surface area contributed by atoms with E-state index >= 15 is 0 Å². The minimum absolute atomic E-state index is 0.0894. The number of aliphatic hydroxyl groups is 2. The number of hydrogen-bond acceptors (Lipinski definition) is 7. The highest BCUT2D eigenvalue weighted by atomic mass is 16.6. The molecule has 0 radical (unpaired) electrons. The monoisotopic (exact) mass is 498 g/mol. The van der Waals surface area contributed by atoms with E-state index in [2.05, 4.69) is 0 Å². The molecule has 1 aromatic carbocycles. The zero-order valence-corrected chi connectivity index (χ0v) is 21.9. The van der Waals surface area contributed by atoms with Gasteiger partial charge in [-0.2, -0.15) is 0 Å². The van der Waals surface area contributed by atoms with E-state index in [1.54, 1.807) is 76.3 Å². The Morgan fingerprint density at radius 3 is 2.33 bits per heavy atom. The summed E-state index contributed by atoms with van der Waals surface area (Å²) in [6.07, 6.45) is 2.40. The lowest BCUT2D eigenvalue weighted by Gasteiger charge is -2.41. The second-order valence-corrected chi connectivity index (χ2v) is 10.9. The van der Waals surface area contributed by atoms with Gasteiger partial charge in [-0.25, -0.2) is 4.79 Å². The van der Waals surface area contributed by atoms with Crippen LogP contribution in [-0.2, 0) is 19.1 Å². The molecule has 2 aliphatic carbocycles. The second kappa shape index (κ2) is 10.7. The van der Waals surface area contributed by atoms with Crippen LogP contribution in [0.15, 0.2) is 54.1 Å². The molecule has 0 aromatic heterocycles. The molecule has 7 atom stereocenters. The summed E-state index contributed by atoms with van der Waals surface area (Å²) in [5, 5.41) is 22.5. The van der Waals surface area contributed by atoms with Gasteiger partial charge in [-0.15, -0.1) is 0 Å². The standard InChI is InChI=1S/C29H38O7/c1-17-12-13-28(5,6)24(32)15-23(31)18(2)14-22-25(35-27(34)21-10-8-7-9-11-21)19(3)16-29(22,26(17)33)36-20(4)30/h7-14,17,19,22-23,25-26,31,33H,15-16H2,1-6H3/t17-,19-,22+,23-,25+,26-,29-/m1/s1. The fourth-order valence-corrected chi connectivity index (χ4v) is 5.36. The predicted octanol–water partition coefficient (Wildman–Crippen LogP) is 4.03. The number of allylic oxidation sites excluding steroid dienone is 1. The van der Waals surface area contributed by atoms with Crippen molar-refractivity contribution in [2.24, 2.45) is 23.2 Å². The average molecular weight is 499 g/mol. The number of esters is 2. The molecule has 0 saturated heterocycles. The summed E-state index contributed by atoms with van der Waals surface area (Å²) in [4.78, 5) is 38.3. The van der Waals surface area contributed by atoms with Crippen LogP contribution in [0.5, 0.6) is 0 Å². The third kappa shape index (κ3) is 5.62. The lowest BCUT2D eigenvalue weighted by Crippen LogP contribution is -2.53. The Bertz CT molecular complexity index is 1040. The van der Waals surface area contributed by atoms with E-state index in [9.17, 15) is 24.6 Å². The number of hydrogen-bond donors (Lipinski definition) is 2. The minimum atomic E-state index is -1.40. The first kappa shape index (κ1) is 27.8. The molecule has 1 aromatic rings. The molecular formula is C29H38O7. The number of ether oxygens (including phenoxy) is 2. The number of carbonyl (C=O) groups excluding carboxylic acids is 3. The Kier molecular flexibility index (Phi) is 8.26. The average Bonchev–Trinajstić information content (AvgIpc) is 3.07. The first-order valence-electron chi connectivity index (χ1n) is 12.5. The molecule has 1 fully saturated rings. The molecule has 0 bridgehead atoms. The highest BCUT2D eigenvalue weighted by Gasteiger charge is 2.60. The molecule has 7 heteroatoms. The van der Waals surface area contributed by atoms with Gasteiger partial charge in [0.15, 0.2) is 0 Å². The van der Waals surface area contributed by atoms with Crippen molar-refractivity contribution in [3.63, 3.8) is 0 Å². The van der Waals surface area contributed by atoms with Gasteiger partial charge in [0.25, 0.3) is 0 Å². The first-order valence-corrected chi connectivity index (χ1v) is 12.5. The van der Waals surface area contributed by atoms with E-state index in [0.29, 0.717) is 11.1 Å². The molecule has 0 unspecified atom stereocenters. The molecule has 196 valence electrons. The van der Waals surface area contributed by atoms with Crippen molar-refractivity contribution in [1.82, 2.24) is 0 Å². The molecule has 36 heavy (non-hydrogen) atoms. The van der Waals surface area contributed by atoms with Crippen LogP contribution < -0.4 is 0 Å². The highest BCUT2D eigenvalue weighted by molar-refractivity contribution is 5.89. The Balaban J connectivity index is 2.14.